The third-order valence-corrected chi connectivity index (χ3v) is 4.21. The number of benzene rings is 1. The third kappa shape index (κ3) is 1.12. The van der Waals surface area contributed by atoms with Crippen LogP contribution in [0.2, 0.25) is 5.02 Å². The monoisotopic (exact) mass is 226 g/mol. The van der Waals surface area contributed by atoms with Crippen molar-refractivity contribution >= 4 is 11.6 Å². The molecule has 3 rings (SSSR count). The highest BCUT2D eigenvalue weighted by molar-refractivity contribution is 6.30. The minimum absolute atomic E-state index is 0.103. The van der Waals surface area contributed by atoms with Gasteiger partial charge in [0.15, 0.2) is 0 Å². The maximum absolute atomic E-state index is 13.8. The van der Waals surface area contributed by atoms with Crippen molar-refractivity contribution in [2.24, 2.45) is 11.8 Å². The van der Waals surface area contributed by atoms with E-state index in [0.717, 1.165) is 19.3 Å². The van der Waals surface area contributed by atoms with Crippen LogP contribution in [0, 0.1) is 17.7 Å². The summed E-state index contributed by atoms with van der Waals surface area (Å²) in [5.74, 6) is 0.0620. The summed E-state index contributed by atoms with van der Waals surface area (Å²) in [6.07, 6.45) is 3.17. The van der Waals surface area contributed by atoms with Gasteiger partial charge in [0.1, 0.15) is 5.82 Å². The molecule has 1 nitrogen and oxygen atoms in total. The molecule has 0 aromatic heterocycles. The van der Waals surface area contributed by atoms with Crippen LogP contribution in [0.5, 0.6) is 0 Å². The van der Waals surface area contributed by atoms with Crippen LogP contribution in [0.1, 0.15) is 24.8 Å². The van der Waals surface area contributed by atoms with E-state index in [1.165, 1.54) is 6.07 Å². The summed E-state index contributed by atoms with van der Waals surface area (Å²) in [6.45, 7) is 0. The fourth-order valence-corrected chi connectivity index (χ4v) is 3.31. The Morgan fingerprint density at radius 1 is 1.33 bits per heavy atom. The molecule has 2 aliphatic rings. The van der Waals surface area contributed by atoms with Gasteiger partial charge < -0.3 is 5.11 Å². The molecule has 0 aliphatic heterocycles. The largest absolute Gasteiger partial charge is 0.384 e. The summed E-state index contributed by atoms with van der Waals surface area (Å²) in [5.41, 5.74) is -0.530. The van der Waals surface area contributed by atoms with E-state index in [-0.39, 0.29) is 16.9 Å². The van der Waals surface area contributed by atoms with E-state index in [0.29, 0.717) is 5.56 Å². The first-order chi connectivity index (χ1) is 7.15. The van der Waals surface area contributed by atoms with E-state index in [9.17, 15) is 9.50 Å². The van der Waals surface area contributed by atoms with Crippen LogP contribution < -0.4 is 0 Å². The average molecular weight is 227 g/mol. The zero-order valence-corrected chi connectivity index (χ0v) is 8.97. The minimum Gasteiger partial charge on any atom is -0.384 e. The van der Waals surface area contributed by atoms with Crippen molar-refractivity contribution < 1.29 is 9.50 Å². The van der Waals surface area contributed by atoms with Crippen molar-refractivity contribution in [1.29, 1.82) is 0 Å². The SMILES string of the molecule is OC1(c2cccc(Cl)c2F)C2CCCC21. The predicted molar refractivity (Wildman–Crippen MR) is 56.1 cm³/mol. The Morgan fingerprint density at radius 3 is 2.67 bits per heavy atom. The van der Waals surface area contributed by atoms with Crippen LogP contribution in [0.3, 0.4) is 0 Å². The molecule has 2 atom stereocenters. The van der Waals surface area contributed by atoms with Crippen molar-refractivity contribution in [2.45, 2.75) is 24.9 Å². The Labute approximate surface area is 92.9 Å². The molecule has 1 aromatic carbocycles. The first-order valence-electron chi connectivity index (χ1n) is 5.32. The Kier molecular flexibility index (Phi) is 1.89. The van der Waals surface area contributed by atoms with Gasteiger partial charge in [-0.2, -0.15) is 0 Å². The Bertz CT molecular complexity index is 408. The van der Waals surface area contributed by atoms with Gasteiger partial charge in [0.25, 0.3) is 0 Å². The van der Waals surface area contributed by atoms with Crippen LogP contribution >= 0.6 is 11.6 Å². The van der Waals surface area contributed by atoms with Gasteiger partial charge in [-0.3, -0.25) is 0 Å². The van der Waals surface area contributed by atoms with Crippen LogP contribution in [-0.4, -0.2) is 5.11 Å². The first-order valence-corrected chi connectivity index (χ1v) is 5.70. The molecule has 0 radical (unpaired) electrons. The zero-order chi connectivity index (χ0) is 10.6. The molecule has 0 amide bonds. The molecule has 0 spiro atoms. The number of fused-ring (bicyclic) bond motifs is 1. The summed E-state index contributed by atoms with van der Waals surface area (Å²) in [4.78, 5) is 0. The van der Waals surface area contributed by atoms with Crippen molar-refractivity contribution in [3.05, 3.63) is 34.6 Å². The summed E-state index contributed by atoms with van der Waals surface area (Å²) in [5, 5.41) is 10.5. The normalized spacial score (nSPS) is 37.8. The predicted octanol–water partition coefficient (Wildman–Crippen LogP) is 3.10. The van der Waals surface area contributed by atoms with Crippen molar-refractivity contribution in [3.63, 3.8) is 0 Å². The molecule has 80 valence electrons. The molecule has 15 heavy (non-hydrogen) atoms. The molecule has 2 unspecified atom stereocenters. The highest BCUT2D eigenvalue weighted by Gasteiger charge is 2.67. The third-order valence-electron chi connectivity index (χ3n) is 3.92. The van der Waals surface area contributed by atoms with Crippen molar-refractivity contribution in [1.82, 2.24) is 0 Å². The Balaban J connectivity index is 2.04. The molecule has 2 saturated carbocycles. The number of hydrogen-bond acceptors (Lipinski definition) is 1. The second-order valence-corrected chi connectivity index (χ2v) is 4.98. The quantitative estimate of drug-likeness (QED) is 0.780. The maximum atomic E-state index is 13.8. The van der Waals surface area contributed by atoms with E-state index in [1.54, 1.807) is 12.1 Å². The molecule has 0 bridgehead atoms. The lowest BCUT2D eigenvalue weighted by atomic mass is 9.99. The highest BCUT2D eigenvalue weighted by atomic mass is 35.5. The van der Waals surface area contributed by atoms with Gasteiger partial charge in [-0.25, -0.2) is 4.39 Å². The first kappa shape index (κ1) is 9.61. The van der Waals surface area contributed by atoms with Crippen LogP contribution in [0.4, 0.5) is 4.39 Å². The van der Waals surface area contributed by atoms with Gasteiger partial charge in [-0.1, -0.05) is 30.2 Å². The smallest absolute Gasteiger partial charge is 0.147 e. The van der Waals surface area contributed by atoms with Crippen LogP contribution in [0.15, 0.2) is 18.2 Å². The molecule has 1 aromatic rings. The lowest BCUT2D eigenvalue weighted by Gasteiger charge is -2.15. The van der Waals surface area contributed by atoms with Gasteiger partial charge >= 0.3 is 0 Å². The van der Waals surface area contributed by atoms with Crippen molar-refractivity contribution in [2.75, 3.05) is 0 Å². The topological polar surface area (TPSA) is 20.2 Å². The second kappa shape index (κ2) is 2.96. The maximum Gasteiger partial charge on any atom is 0.147 e. The molecule has 0 saturated heterocycles. The summed E-state index contributed by atoms with van der Waals surface area (Å²) in [7, 11) is 0. The van der Waals surface area contributed by atoms with Crippen molar-refractivity contribution in [3.8, 4) is 0 Å². The van der Waals surface area contributed by atoms with E-state index in [1.807, 2.05) is 0 Å². The summed E-state index contributed by atoms with van der Waals surface area (Å²) in [6, 6.07) is 4.87. The van der Waals surface area contributed by atoms with E-state index < -0.39 is 11.4 Å². The van der Waals surface area contributed by atoms with Crippen LogP contribution in [-0.2, 0) is 5.60 Å². The Hall–Kier alpha value is -0.600. The fraction of sp³-hybridized carbons (Fsp3) is 0.500. The Morgan fingerprint density at radius 2 is 2.00 bits per heavy atom. The molecule has 3 heteroatoms. The lowest BCUT2D eigenvalue weighted by molar-refractivity contribution is 0.101. The highest BCUT2D eigenvalue weighted by Crippen LogP contribution is 2.66. The molecular weight excluding hydrogens is 215 g/mol. The minimum atomic E-state index is -0.923. The number of halogens is 2. The van der Waals surface area contributed by atoms with E-state index in [2.05, 4.69) is 0 Å². The number of rotatable bonds is 1. The second-order valence-electron chi connectivity index (χ2n) is 4.57. The van der Waals surface area contributed by atoms with Gasteiger partial charge in [0.2, 0.25) is 0 Å². The average Bonchev–Trinajstić information content (AvgIpc) is 2.67. The molecule has 0 heterocycles. The van der Waals surface area contributed by atoms with Gasteiger partial charge in [-0.15, -0.1) is 0 Å². The molecule has 2 fully saturated rings. The lowest BCUT2D eigenvalue weighted by Crippen LogP contribution is -2.15. The fourth-order valence-electron chi connectivity index (χ4n) is 3.13. The number of hydrogen-bond donors (Lipinski definition) is 1. The van der Waals surface area contributed by atoms with Crippen LogP contribution in [0.25, 0.3) is 0 Å². The van der Waals surface area contributed by atoms with E-state index >= 15 is 0 Å². The van der Waals surface area contributed by atoms with Gasteiger partial charge in [-0.05, 0) is 30.7 Å². The molecular formula is C12H12ClFO. The molecule has 2 aliphatic carbocycles. The van der Waals surface area contributed by atoms with Gasteiger partial charge in [0.05, 0.1) is 10.6 Å². The summed E-state index contributed by atoms with van der Waals surface area (Å²) < 4.78 is 13.8. The number of aliphatic hydroxyl groups is 1. The summed E-state index contributed by atoms with van der Waals surface area (Å²) >= 11 is 5.72. The standard InChI is InChI=1S/C12H12ClFO/c13-10-6-2-5-9(11(10)14)12(15)7-3-1-4-8(7)12/h2,5-8,15H,1,3-4H2. The molecule has 1 N–H and O–H groups in total. The van der Waals surface area contributed by atoms with E-state index in [4.69, 9.17) is 11.6 Å². The zero-order valence-electron chi connectivity index (χ0n) is 8.21. The van der Waals surface area contributed by atoms with Gasteiger partial charge in [0, 0.05) is 5.56 Å².